The average molecular weight is 448 g/mol. The standard InChI is InChI=1S/C25H37NO6/c1-6-26-11-22(2)8-7-16(29-4)24-14-9-13-15(28-3)10-23(17(14)18(13)30-5)25(21(24)26,32-12-31-23)20(27)19(22)24/h7-8,13-21,27H,6,9-12H2,1-5H3/t13-,14-,15+,16?,17-,18?,19-,20+,21?,22+,23-,24?,25?/m1/s1. The van der Waals surface area contributed by atoms with E-state index in [1.807, 2.05) is 14.2 Å². The molecule has 1 N–H and O–H groups in total. The molecule has 7 aliphatic rings. The van der Waals surface area contributed by atoms with Crippen LogP contribution in [0, 0.1) is 34.5 Å². The van der Waals surface area contributed by atoms with Crippen LogP contribution in [0.3, 0.4) is 0 Å². The number of aliphatic hydroxyl groups excluding tert-OH is 1. The highest BCUT2D eigenvalue weighted by Gasteiger charge is 2.92. The Morgan fingerprint density at radius 3 is 2.66 bits per heavy atom. The van der Waals surface area contributed by atoms with Crippen LogP contribution in [0.15, 0.2) is 12.2 Å². The maximum atomic E-state index is 12.4. The second kappa shape index (κ2) is 6.17. The van der Waals surface area contributed by atoms with Crippen molar-refractivity contribution in [3.8, 4) is 0 Å². The number of fused-ring (bicyclic) bond motifs is 1. The van der Waals surface area contributed by atoms with Crippen LogP contribution in [0.2, 0.25) is 0 Å². The van der Waals surface area contributed by atoms with Gasteiger partial charge >= 0.3 is 0 Å². The molecule has 2 aliphatic heterocycles. The molecule has 13 atom stereocenters. The largest absolute Gasteiger partial charge is 0.390 e. The highest BCUT2D eigenvalue weighted by Crippen LogP contribution is 2.81. The van der Waals surface area contributed by atoms with E-state index in [9.17, 15) is 5.11 Å². The van der Waals surface area contributed by atoms with Crippen LogP contribution in [0.5, 0.6) is 0 Å². The van der Waals surface area contributed by atoms with E-state index >= 15 is 0 Å². The number of piperidine rings is 1. The number of hydrogen-bond acceptors (Lipinski definition) is 7. The highest BCUT2D eigenvalue weighted by molar-refractivity contribution is 5.45. The van der Waals surface area contributed by atoms with Crippen LogP contribution in [-0.2, 0) is 23.7 Å². The summed E-state index contributed by atoms with van der Waals surface area (Å²) < 4.78 is 32.1. The quantitative estimate of drug-likeness (QED) is 0.654. The van der Waals surface area contributed by atoms with E-state index in [0.29, 0.717) is 11.8 Å². The third kappa shape index (κ3) is 1.76. The molecule has 5 unspecified atom stereocenters. The number of aliphatic hydroxyl groups is 1. The Hall–Kier alpha value is -0.540. The van der Waals surface area contributed by atoms with E-state index in [1.54, 1.807) is 7.11 Å². The fourth-order valence-corrected chi connectivity index (χ4v) is 10.9. The minimum Gasteiger partial charge on any atom is -0.390 e. The summed E-state index contributed by atoms with van der Waals surface area (Å²) in [6, 6.07) is 0.0404. The van der Waals surface area contributed by atoms with Crippen LogP contribution >= 0.6 is 0 Å². The summed E-state index contributed by atoms with van der Waals surface area (Å²) in [6.07, 6.45) is 5.76. The Kier molecular flexibility index (Phi) is 4.01. The van der Waals surface area contributed by atoms with Gasteiger partial charge in [-0.1, -0.05) is 26.0 Å². The summed E-state index contributed by atoms with van der Waals surface area (Å²) in [4.78, 5) is 2.59. The van der Waals surface area contributed by atoms with Crippen molar-refractivity contribution in [3.05, 3.63) is 12.2 Å². The molecule has 178 valence electrons. The first-order valence-corrected chi connectivity index (χ1v) is 12.4. The van der Waals surface area contributed by atoms with Crippen LogP contribution in [0.4, 0.5) is 0 Å². The van der Waals surface area contributed by atoms with Gasteiger partial charge in [-0.2, -0.15) is 0 Å². The van der Waals surface area contributed by atoms with E-state index in [-0.39, 0.29) is 53.8 Å². The topological polar surface area (TPSA) is 69.6 Å². The second-order valence-electron chi connectivity index (χ2n) is 11.7. The Morgan fingerprint density at radius 1 is 1.16 bits per heavy atom. The molecule has 7 nitrogen and oxygen atoms in total. The molecule has 0 radical (unpaired) electrons. The summed E-state index contributed by atoms with van der Waals surface area (Å²) in [7, 11) is 5.47. The van der Waals surface area contributed by atoms with Gasteiger partial charge in [0.05, 0.1) is 30.5 Å². The van der Waals surface area contributed by atoms with Crippen molar-refractivity contribution in [1.29, 1.82) is 0 Å². The molecular formula is C25H37NO6. The average Bonchev–Trinajstić information content (AvgIpc) is 3.37. The lowest BCUT2D eigenvalue weighted by Gasteiger charge is -2.68. The number of rotatable bonds is 4. The fraction of sp³-hybridized carbons (Fsp3) is 0.920. The minimum atomic E-state index is -0.807. The van der Waals surface area contributed by atoms with E-state index in [1.165, 1.54) is 0 Å². The Morgan fingerprint density at radius 2 is 1.97 bits per heavy atom. The number of methoxy groups -OCH3 is 3. The minimum absolute atomic E-state index is 0.0316. The van der Waals surface area contributed by atoms with Gasteiger partial charge in [0.1, 0.15) is 18.0 Å². The first kappa shape index (κ1) is 20.8. The first-order valence-electron chi connectivity index (χ1n) is 12.4. The van der Waals surface area contributed by atoms with Crippen molar-refractivity contribution in [2.45, 2.75) is 68.3 Å². The molecule has 7 heteroatoms. The number of likely N-dealkylation sites (N-methyl/N-ethyl adjacent to an activating group) is 1. The maximum Gasteiger partial charge on any atom is 0.148 e. The van der Waals surface area contributed by atoms with Gasteiger partial charge in [0.15, 0.2) is 0 Å². The van der Waals surface area contributed by atoms with Crippen LogP contribution in [0.1, 0.15) is 26.7 Å². The lowest BCUT2D eigenvalue weighted by Crippen LogP contribution is -2.80. The highest BCUT2D eigenvalue weighted by atomic mass is 16.7. The smallest absolute Gasteiger partial charge is 0.148 e. The zero-order valence-corrected chi connectivity index (χ0v) is 19.8. The van der Waals surface area contributed by atoms with E-state index in [4.69, 9.17) is 23.7 Å². The Balaban J connectivity index is 1.57. The van der Waals surface area contributed by atoms with E-state index < -0.39 is 17.3 Å². The number of nitrogens with zero attached hydrogens (tertiary/aromatic N) is 1. The molecule has 2 heterocycles. The zero-order valence-electron chi connectivity index (χ0n) is 19.8. The van der Waals surface area contributed by atoms with Gasteiger partial charge in [0.25, 0.3) is 0 Å². The molecule has 7 bridgehead atoms. The summed E-state index contributed by atoms with van der Waals surface area (Å²) in [6.45, 7) is 6.62. The van der Waals surface area contributed by atoms with E-state index in [2.05, 4.69) is 30.9 Å². The zero-order chi connectivity index (χ0) is 22.3. The predicted octanol–water partition coefficient (Wildman–Crippen LogP) is 1.44. The molecule has 6 fully saturated rings. The molecule has 3 spiro atoms. The first-order chi connectivity index (χ1) is 15.4. The van der Waals surface area contributed by atoms with Gasteiger partial charge in [0, 0.05) is 62.9 Å². The van der Waals surface area contributed by atoms with Crippen molar-refractivity contribution in [1.82, 2.24) is 4.90 Å². The van der Waals surface area contributed by atoms with Gasteiger partial charge in [-0.3, -0.25) is 4.90 Å². The van der Waals surface area contributed by atoms with Crippen molar-refractivity contribution in [2.24, 2.45) is 34.5 Å². The predicted molar refractivity (Wildman–Crippen MR) is 115 cm³/mol. The van der Waals surface area contributed by atoms with Crippen LogP contribution in [-0.4, -0.2) is 92.9 Å². The SMILES string of the molecule is CCN1C[C@]2(C)C=CC(OC)C34C1C1(OCO[C@@]15C[C@H](OC)[C@H]1C[C@@H]3[C@@H]5C1OC)[C@@H](O)[C@@H]42. The maximum absolute atomic E-state index is 12.4. The van der Waals surface area contributed by atoms with Gasteiger partial charge in [-0.05, 0) is 18.9 Å². The molecule has 5 aliphatic carbocycles. The Labute approximate surface area is 190 Å². The van der Waals surface area contributed by atoms with Gasteiger partial charge in [0.2, 0.25) is 0 Å². The molecule has 0 aromatic heterocycles. The molecule has 0 aromatic carbocycles. The number of likely N-dealkylation sites (tertiary alicyclic amines) is 1. The molecule has 0 amide bonds. The third-order valence-electron chi connectivity index (χ3n) is 11.3. The van der Waals surface area contributed by atoms with Crippen molar-refractivity contribution >= 4 is 0 Å². The normalized spacial score (nSPS) is 63.6. The van der Waals surface area contributed by atoms with Gasteiger partial charge < -0.3 is 28.8 Å². The van der Waals surface area contributed by atoms with Crippen LogP contribution < -0.4 is 0 Å². The van der Waals surface area contributed by atoms with Crippen molar-refractivity contribution in [3.63, 3.8) is 0 Å². The van der Waals surface area contributed by atoms with Gasteiger partial charge in [-0.15, -0.1) is 0 Å². The summed E-state index contributed by atoms with van der Waals surface area (Å²) in [5.74, 6) is 0.850. The molecular weight excluding hydrogens is 410 g/mol. The lowest BCUT2D eigenvalue weighted by molar-refractivity contribution is -0.268. The van der Waals surface area contributed by atoms with Gasteiger partial charge in [-0.25, -0.2) is 0 Å². The number of hydrogen-bond donors (Lipinski definition) is 1. The molecule has 7 rings (SSSR count). The Bertz CT molecular complexity index is 867. The molecule has 32 heavy (non-hydrogen) atoms. The summed E-state index contributed by atoms with van der Waals surface area (Å²) >= 11 is 0. The van der Waals surface area contributed by atoms with Crippen molar-refractivity contribution in [2.75, 3.05) is 41.2 Å². The van der Waals surface area contributed by atoms with E-state index in [0.717, 1.165) is 25.9 Å². The third-order valence-corrected chi connectivity index (χ3v) is 11.3. The fourth-order valence-electron chi connectivity index (χ4n) is 10.9. The number of ether oxygens (including phenoxy) is 5. The van der Waals surface area contributed by atoms with Crippen molar-refractivity contribution < 1.29 is 28.8 Å². The second-order valence-corrected chi connectivity index (χ2v) is 11.7. The summed E-state index contributed by atoms with van der Waals surface area (Å²) in [5, 5.41) is 12.4. The molecule has 2 saturated heterocycles. The molecule has 0 aromatic rings. The summed E-state index contributed by atoms with van der Waals surface area (Å²) in [5.41, 5.74) is -1.81. The van der Waals surface area contributed by atoms with Crippen LogP contribution in [0.25, 0.3) is 0 Å². The monoisotopic (exact) mass is 447 g/mol. The lowest BCUT2D eigenvalue weighted by atomic mass is 9.44. The molecule has 4 saturated carbocycles.